The van der Waals surface area contributed by atoms with E-state index >= 15 is 0 Å². The minimum atomic E-state index is 0.546. The van der Waals surface area contributed by atoms with E-state index in [1.54, 1.807) is 0 Å². The van der Waals surface area contributed by atoms with E-state index in [1.807, 2.05) is 38.1 Å². The van der Waals surface area contributed by atoms with Gasteiger partial charge in [0, 0.05) is 11.6 Å². The smallest absolute Gasteiger partial charge is 0.166 e. The van der Waals surface area contributed by atoms with Crippen molar-refractivity contribution in [3.05, 3.63) is 51.7 Å². The number of aryl methyl sites for hydroxylation is 1. The van der Waals surface area contributed by atoms with E-state index in [9.17, 15) is 5.26 Å². The molecule has 0 radical (unpaired) electrons. The molecule has 4 nitrogen and oxygen atoms in total. The van der Waals surface area contributed by atoms with Gasteiger partial charge in [0.05, 0.1) is 5.69 Å². The highest BCUT2D eigenvalue weighted by atomic mass is 35.5. The quantitative estimate of drug-likeness (QED) is 0.937. The highest BCUT2D eigenvalue weighted by Gasteiger charge is 2.09. The molecule has 0 aliphatic heterocycles. The molecule has 0 bridgehead atoms. The van der Waals surface area contributed by atoms with Crippen molar-refractivity contribution in [1.29, 1.82) is 5.26 Å². The van der Waals surface area contributed by atoms with Crippen LogP contribution in [0, 0.1) is 25.2 Å². The van der Waals surface area contributed by atoms with Gasteiger partial charge >= 0.3 is 0 Å². The summed E-state index contributed by atoms with van der Waals surface area (Å²) in [6.45, 7) is 4.42. The molecule has 0 saturated heterocycles. The number of halogens is 1. The molecular formula is C15H15ClN4. The molecule has 1 N–H and O–H groups in total. The maximum absolute atomic E-state index is 9.20. The molecule has 5 heteroatoms. The van der Waals surface area contributed by atoms with E-state index < -0.39 is 0 Å². The van der Waals surface area contributed by atoms with Gasteiger partial charge < -0.3 is 5.32 Å². The van der Waals surface area contributed by atoms with E-state index in [2.05, 4.69) is 21.6 Å². The molecule has 0 aliphatic rings. The number of anilines is 1. The van der Waals surface area contributed by atoms with Gasteiger partial charge in [-0.25, -0.2) is 0 Å². The van der Waals surface area contributed by atoms with Crippen LogP contribution in [0.4, 0.5) is 5.82 Å². The Kier molecular flexibility index (Phi) is 4.54. The topological polar surface area (TPSA) is 61.6 Å². The Hall–Kier alpha value is -2.12. The summed E-state index contributed by atoms with van der Waals surface area (Å²) in [4.78, 5) is 0. The van der Waals surface area contributed by atoms with E-state index in [4.69, 9.17) is 11.6 Å². The number of hydrogen-bond donors (Lipinski definition) is 1. The van der Waals surface area contributed by atoms with Gasteiger partial charge in [-0.2, -0.15) is 10.4 Å². The lowest BCUT2D eigenvalue weighted by Crippen LogP contribution is -2.10. The molecular weight excluding hydrogens is 272 g/mol. The van der Waals surface area contributed by atoms with Gasteiger partial charge in [-0.1, -0.05) is 23.7 Å². The standard InChI is InChI=1S/C15H15ClN4/c1-10-11(2)19-20-15(14(10)9-17)18-8-7-12-3-5-13(16)6-4-12/h3-6H,7-8H2,1-2H3,(H,18,20). The minimum absolute atomic E-state index is 0.546. The van der Waals surface area contributed by atoms with Crippen molar-refractivity contribution in [2.75, 3.05) is 11.9 Å². The molecule has 1 heterocycles. The van der Waals surface area contributed by atoms with Crippen molar-refractivity contribution in [3.8, 4) is 6.07 Å². The molecule has 0 fully saturated rings. The summed E-state index contributed by atoms with van der Waals surface area (Å²) in [5, 5.41) is 21.2. The molecule has 0 saturated carbocycles. The number of nitrogens with one attached hydrogen (secondary N) is 1. The number of nitriles is 1. The van der Waals surface area contributed by atoms with Crippen molar-refractivity contribution < 1.29 is 0 Å². The lowest BCUT2D eigenvalue weighted by molar-refractivity contribution is 0.927. The zero-order chi connectivity index (χ0) is 14.5. The highest BCUT2D eigenvalue weighted by Crippen LogP contribution is 2.17. The van der Waals surface area contributed by atoms with Crippen LogP contribution in [0.25, 0.3) is 0 Å². The molecule has 2 rings (SSSR count). The molecule has 0 amide bonds. The summed E-state index contributed by atoms with van der Waals surface area (Å²) in [6.07, 6.45) is 0.830. The largest absolute Gasteiger partial charge is 0.367 e. The van der Waals surface area contributed by atoms with Crippen LogP contribution in [0.1, 0.15) is 22.4 Å². The SMILES string of the molecule is Cc1nnc(NCCc2ccc(Cl)cc2)c(C#N)c1C. The van der Waals surface area contributed by atoms with Crippen molar-refractivity contribution in [2.24, 2.45) is 0 Å². The van der Waals surface area contributed by atoms with E-state index in [0.29, 0.717) is 17.9 Å². The van der Waals surface area contributed by atoms with Gasteiger partial charge in [0.2, 0.25) is 0 Å². The summed E-state index contributed by atoms with van der Waals surface area (Å²) in [5.41, 5.74) is 3.40. The van der Waals surface area contributed by atoms with Crippen LogP contribution < -0.4 is 5.32 Å². The zero-order valence-electron chi connectivity index (χ0n) is 11.4. The van der Waals surface area contributed by atoms with Gasteiger partial charge in [0.1, 0.15) is 11.6 Å². The Bertz CT molecular complexity index is 644. The first-order valence-corrected chi connectivity index (χ1v) is 6.72. The highest BCUT2D eigenvalue weighted by molar-refractivity contribution is 6.30. The third-order valence-electron chi connectivity index (χ3n) is 3.19. The number of rotatable bonds is 4. The van der Waals surface area contributed by atoms with Crippen LogP contribution in [-0.2, 0) is 6.42 Å². The molecule has 0 spiro atoms. The molecule has 0 atom stereocenters. The van der Waals surface area contributed by atoms with Gasteiger partial charge in [0.25, 0.3) is 0 Å². The summed E-state index contributed by atoms with van der Waals surface area (Å²) in [7, 11) is 0. The number of hydrogen-bond acceptors (Lipinski definition) is 4. The summed E-state index contributed by atoms with van der Waals surface area (Å²) in [6, 6.07) is 9.89. The number of aromatic nitrogens is 2. The summed E-state index contributed by atoms with van der Waals surface area (Å²) in [5.74, 6) is 0.546. The molecule has 102 valence electrons. The average molecular weight is 287 g/mol. The van der Waals surface area contributed by atoms with Crippen LogP contribution >= 0.6 is 11.6 Å². The van der Waals surface area contributed by atoms with Crippen molar-refractivity contribution in [1.82, 2.24) is 10.2 Å². The molecule has 0 aliphatic carbocycles. The lowest BCUT2D eigenvalue weighted by atomic mass is 10.1. The number of nitrogens with zero attached hydrogens (tertiary/aromatic N) is 3. The molecule has 1 aromatic heterocycles. The van der Waals surface area contributed by atoms with E-state index in [1.165, 1.54) is 5.56 Å². The molecule has 0 unspecified atom stereocenters. The van der Waals surface area contributed by atoms with Crippen LogP contribution in [0.3, 0.4) is 0 Å². The Labute approximate surface area is 123 Å². The fourth-order valence-corrected chi connectivity index (χ4v) is 1.97. The maximum Gasteiger partial charge on any atom is 0.166 e. The predicted octanol–water partition coefficient (Wildman–Crippen LogP) is 3.27. The number of benzene rings is 1. The summed E-state index contributed by atoms with van der Waals surface area (Å²) >= 11 is 5.84. The van der Waals surface area contributed by atoms with E-state index in [0.717, 1.165) is 22.7 Å². The molecule has 20 heavy (non-hydrogen) atoms. The van der Waals surface area contributed by atoms with Crippen LogP contribution in [0.5, 0.6) is 0 Å². The average Bonchev–Trinajstić information content (AvgIpc) is 2.45. The summed E-state index contributed by atoms with van der Waals surface area (Å²) < 4.78 is 0. The third kappa shape index (κ3) is 3.25. The lowest BCUT2D eigenvalue weighted by Gasteiger charge is -2.09. The van der Waals surface area contributed by atoms with E-state index in [-0.39, 0.29) is 0 Å². The fourth-order valence-electron chi connectivity index (χ4n) is 1.85. The maximum atomic E-state index is 9.20. The van der Waals surface area contributed by atoms with Crippen LogP contribution in [0.2, 0.25) is 5.02 Å². The first-order valence-electron chi connectivity index (χ1n) is 6.34. The fraction of sp³-hybridized carbons (Fsp3) is 0.267. The second kappa shape index (κ2) is 6.36. The Balaban J connectivity index is 2.03. The Morgan fingerprint density at radius 3 is 2.55 bits per heavy atom. The van der Waals surface area contributed by atoms with Crippen molar-refractivity contribution in [2.45, 2.75) is 20.3 Å². The van der Waals surface area contributed by atoms with Crippen molar-refractivity contribution >= 4 is 17.4 Å². The monoisotopic (exact) mass is 286 g/mol. The Morgan fingerprint density at radius 2 is 1.90 bits per heavy atom. The third-order valence-corrected chi connectivity index (χ3v) is 3.44. The minimum Gasteiger partial charge on any atom is -0.367 e. The second-order valence-electron chi connectivity index (χ2n) is 4.55. The zero-order valence-corrected chi connectivity index (χ0v) is 12.2. The first-order chi connectivity index (χ1) is 9.61. The van der Waals surface area contributed by atoms with Crippen LogP contribution in [-0.4, -0.2) is 16.7 Å². The van der Waals surface area contributed by atoms with Crippen LogP contribution in [0.15, 0.2) is 24.3 Å². The van der Waals surface area contributed by atoms with Gasteiger partial charge in [-0.3, -0.25) is 0 Å². The predicted molar refractivity (Wildman–Crippen MR) is 79.9 cm³/mol. The molecule has 2 aromatic rings. The van der Waals surface area contributed by atoms with Gasteiger partial charge in [-0.05, 0) is 43.5 Å². The normalized spacial score (nSPS) is 10.1. The van der Waals surface area contributed by atoms with Gasteiger partial charge in [-0.15, -0.1) is 5.10 Å². The first kappa shape index (κ1) is 14.3. The van der Waals surface area contributed by atoms with Crippen molar-refractivity contribution in [3.63, 3.8) is 0 Å². The Morgan fingerprint density at radius 1 is 1.20 bits per heavy atom. The second-order valence-corrected chi connectivity index (χ2v) is 4.99. The molecule has 1 aromatic carbocycles. The van der Waals surface area contributed by atoms with Gasteiger partial charge in [0.15, 0.2) is 5.82 Å².